The maximum absolute atomic E-state index is 12.6. The first-order chi connectivity index (χ1) is 15.3. The van der Waals surface area contributed by atoms with Crippen LogP contribution in [0.1, 0.15) is 28.7 Å². The van der Waals surface area contributed by atoms with E-state index in [1.165, 1.54) is 11.1 Å². The highest BCUT2D eigenvalue weighted by molar-refractivity contribution is 5.89. The lowest BCUT2D eigenvalue weighted by Crippen LogP contribution is -2.31. The summed E-state index contributed by atoms with van der Waals surface area (Å²) in [6.45, 7) is 0.209. The molecule has 1 N–H and O–H groups in total. The molecule has 4 aromatic carbocycles. The van der Waals surface area contributed by atoms with E-state index >= 15 is 0 Å². The Bertz CT molecular complexity index is 1230. The number of hydrogen-bond acceptors (Lipinski definition) is 3. The number of hydrogen-bond donors (Lipinski definition) is 1. The maximum Gasteiger partial charge on any atom is 0.408 e. The summed E-state index contributed by atoms with van der Waals surface area (Å²) in [6.07, 6.45) is 0.135. The van der Waals surface area contributed by atoms with Crippen molar-refractivity contribution in [1.82, 2.24) is 5.32 Å². The molecule has 0 saturated heterocycles. The van der Waals surface area contributed by atoms with Crippen LogP contribution >= 0.6 is 0 Å². The van der Waals surface area contributed by atoms with E-state index in [0.717, 1.165) is 33.7 Å². The lowest BCUT2D eigenvalue weighted by atomic mass is 9.98. The van der Waals surface area contributed by atoms with Crippen LogP contribution in [0.2, 0.25) is 0 Å². The van der Waals surface area contributed by atoms with Gasteiger partial charge in [0.1, 0.15) is 18.9 Å². The van der Waals surface area contributed by atoms with E-state index in [9.17, 15) is 9.59 Å². The predicted molar refractivity (Wildman–Crippen MR) is 121 cm³/mol. The number of carbonyl (C=O) groups excluding carboxylic acids is 2. The van der Waals surface area contributed by atoms with Crippen LogP contribution in [0, 0.1) is 0 Å². The lowest BCUT2D eigenvalue weighted by molar-refractivity contribution is -0.109. The highest BCUT2D eigenvalue weighted by Gasteiger charge is 2.29. The second-order valence-corrected chi connectivity index (χ2v) is 7.65. The summed E-state index contributed by atoms with van der Waals surface area (Å²) in [5, 5.41) is 4.66. The number of aldehydes is 1. The zero-order valence-electron chi connectivity index (χ0n) is 16.8. The summed E-state index contributed by atoms with van der Waals surface area (Å²) in [5.41, 5.74) is 5.40. The van der Waals surface area contributed by atoms with Crippen LogP contribution in [0.25, 0.3) is 21.9 Å². The number of rotatable bonds is 5. The van der Waals surface area contributed by atoms with Crippen LogP contribution in [-0.2, 0) is 9.53 Å². The number of fused-ring (bicyclic) bond motifs is 4. The SMILES string of the molecule is O=C[C@H](NC(=O)OCC1c2ccccc2-c2ccccc21)c1cccc2ccccc12. The molecule has 0 spiro atoms. The molecular weight excluding hydrogens is 386 g/mol. The number of nitrogens with one attached hydrogen (secondary N) is 1. The van der Waals surface area contributed by atoms with Gasteiger partial charge in [0, 0.05) is 5.92 Å². The molecule has 0 unspecified atom stereocenters. The summed E-state index contributed by atoms with van der Waals surface area (Å²) in [5.74, 6) is -0.0228. The molecule has 0 aromatic heterocycles. The largest absolute Gasteiger partial charge is 0.449 e. The lowest BCUT2D eigenvalue weighted by Gasteiger charge is -2.18. The molecule has 0 aliphatic heterocycles. The molecule has 1 aliphatic carbocycles. The highest BCUT2D eigenvalue weighted by atomic mass is 16.5. The monoisotopic (exact) mass is 407 g/mol. The first-order valence-corrected chi connectivity index (χ1v) is 10.3. The molecule has 0 heterocycles. The van der Waals surface area contributed by atoms with E-state index in [1.807, 2.05) is 66.7 Å². The molecule has 1 atom stereocenters. The van der Waals surface area contributed by atoms with Gasteiger partial charge in [0.2, 0.25) is 0 Å². The Morgan fingerprint density at radius 3 is 2.16 bits per heavy atom. The molecule has 152 valence electrons. The van der Waals surface area contributed by atoms with E-state index in [1.54, 1.807) is 0 Å². The maximum atomic E-state index is 12.6. The minimum Gasteiger partial charge on any atom is -0.449 e. The van der Waals surface area contributed by atoms with E-state index in [4.69, 9.17) is 4.74 Å². The Morgan fingerprint density at radius 1 is 0.839 bits per heavy atom. The van der Waals surface area contributed by atoms with Crippen LogP contribution in [0.5, 0.6) is 0 Å². The van der Waals surface area contributed by atoms with Crippen molar-refractivity contribution in [2.24, 2.45) is 0 Å². The van der Waals surface area contributed by atoms with E-state index in [0.29, 0.717) is 0 Å². The first kappa shape index (κ1) is 19.1. The molecule has 5 rings (SSSR count). The third kappa shape index (κ3) is 3.46. The minimum absolute atomic E-state index is 0.0228. The van der Waals surface area contributed by atoms with Gasteiger partial charge in [-0.3, -0.25) is 0 Å². The summed E-state index contributed by atoms with van der Waals surface area (Å²) < 4.78 is 5.60. The van der Waals surface area contributed by atoms with Gasteiger partial charge in [-0.1, -0.05) is 91.0 Å². The zero-order valence-corrected chi connectivity index (χ0v) is 16.8. The Labute approximate surface area is 180 Å². The van der Waals surface area contributed by atoms with Gasteiger partial charge in [0.15, 0.2) is 0 Å². The normalized spacial score (nSPS) is 13.3. The first-order valence-electron chi connectivity index (χ1n) is 10.3. The van der Waals surface area contributed by atoms with E-state index < -0.39 is 12.1 Å². The third-order valence-electron chi connectivity index (χ3n) is 5.91. The Balaban J connectivity index is 1.34. The highest BCUT2D eigenvalue weighted by Crippen LogP contribution is 2.44. The van der Waals surface area contributed by atoms with Crippen molar-refractivity contribution in [3.05, 3.63) is 108 Å². The molecule has 4 nitrogen and oxygen atoms in total. The van der Waals surface area contributed by atoms with Crippen LogP contribution in [0.3, 0.4) is 0 Å². The van der Waals surface area contributed by atoms with Crippen molar-refractivity contribution in [1.29, 1.82) is 0 Å². The fourth-order valence-corrected chi connectivity index (χ4v) is 4.47. The Hall–Kier alpha value is -3.92. The molecular formula is C27H21NO3. The number of alkyl carbamates (subject to hydrolysis) is 1. The smallest absolute Gasteiger partial charge is 0.408 e. The molecule has 1 aliphatic rings. The molecule has 4 aromatic rings. The Kier molecular flexibility index (Phi) is 4.97. The molecule has 1 amide bonds. The predicted octanol–water partition coefficient (Wildman–Crippen LogP) is 5.62. The molecule has 0 radical (unpaired) electrons. The van der Waals surface area contributed by atoms with Gasteiger partial charge in [0.05, 0.1) is 0 Å². The van der Waals surface area contributed by atoms with Crippen LogP contribution in [0.15, 0.2) is 91.0 Å². The summed E-state index contributed by atoms with van der Waals surface area (Å²) in [6, 6.07) is 29.1. The van der Waals surface area contributed by atoms with Gasteiger partial charge >= 0.3 is 6.09 Å². The van der Waals surface area contributed by atoms with Crippen molar-refractivity contribution in [3.8, 4) is 11.1 Å². The van der Waals surface area contributed by atoms with Crippen molar-refractivity contribution in [2.45, 2.75) is 12.0 Å². The summed E-state index contributed by atoms with van der Waals surface area (Å²) >= 11 is 0. The number of benzene rings is 4. The summed E-state index contributed by atoms with van der Waals surface area (Å²) in [4.78, 5) is 24.4. The fraction of sp³-hybridized carbons (Fsp3) is 0.111. The van der Waals surface area contributed by atoms with Gasteiger partial charge < -0.3 is 14.8 Å². The van der Waals surface area contributed by atoms with Gasteiger partial charge in [0.25, 0.3) is 0 Å². The fourth-order valence-electron chi connectivity index (χ4n) is 4.47. The molecule has 0 fully saturated rings. The standard InChI is InChI=1S/C27H21NO3/c29-16-26(24-15-7-9-18-8-1-2-10-19(18)24)28-27(30)31-17-25-22-13-5-3-11-20(22)21-12-4-6-14-23(21)25/h1-16,25-26H,17H2,(H,28,30)/t26-/m0/s1. The van der Waals surface area contributed by atoms with Crippen molar-refractivity contribution in [2.75, 3.05) is 6.61 Å². The summed E-state index contributed by atoms with van der Waals surface area (Å²) in [7, 11) is 0. The average Bonchev–Trinajstić information content (AvgIpc) is 3.15. The minimum atomic E-state index is -0.776. The molecule has 0 bridgehead atoms. The van der Waals surface area contributed by atoms with E-state index in [2.05, 4.69) is 29.6 Å². The number of carbonyl (C=O) groups is 2. The van der Waals surface area contributed by atoms with E-state index in [-0.39, 0.29) is 12.5 Å². The topological polar surface area (TPSA) is 55.4 Å². The van der Waals surface area contributed by atoms with Crippen molar-refractivity contribution in [3.63, 3.8) is 0 Å². The van der Waals surface area contributed by atoms with Gasteiger partial charge in [-0.05, 0) is 38.6 Å². The van der Waals surface area contributed by atoms with Crippen molar-refractivity contribution < 1.29 is 14.3 Å². The number of ether oxygens (including phenoxy) is 1. The average molecular weight is 407 g/mol. The molecule has 0 saturated carbocycles. The molecule has 31 heavy (non-hydrogen) atoms. The quantitative estimate of drug-likeness (QED) is 0.437. The second kappa shape index (κ2) is 8.07. The van der Waals surface area contributed by atoms with Crippen molar-refractivity contribution >= 4 is 23.2 Å². The number of amides is 1. The molecule has 4 heteroatoms. The van der Waals surface area contributed by atoms with Gasteiger partial charge in [-0.15, -0.1) is 0 Å². The van der Waals surface area contributed by atoms with Crippen LogP contribution < -0.4 is 5.32 Å². The van der Waals surface area contributed by atoms with Gasteiger partial charge in [-0.2, -0.15) is 0 Å². The zero-order chi connectivity index (χ0) is 21.2. The van der Waals surface area contributed by atoms with Gasteiger partial charge in [-0.25, -0.2) is 4.79 Å². The third-order valence-corrected chi connectivity index (χ3v) is 5.91. The van der Waals surface area contributed by atoms with Crippen LogP contribution in [-0.4, -0.2) is 19.0 Å². The second-order valence-electron chi connectivity index (χ2n) is 7.65. The Morgan fingerprint density at radius 2 is 1.45 bits per heavy atom. The van der Waals surface area contributed by atoms with Crippen LogP contribution in [0.4, 0.5) is 4.79 Å².